The number of carbonyl (C=O) groups is 1. The minimum absolute atomic E-state index is 0.0889. The van der Waals surface area contributed by atoms with Crippen molar-refractivity contribution in [2.24, 2.45) is 0 Å². The molecule has 0 radical (unpaired) electrons. The molecule has 1 fully saturated rings. The van der Waals surface area contributed by atoms with Crippen LogP contribution in [0.1, 0.15) is 33.6 Å². The number of rotatable bonds is 8. The first-order valence-electron chi connectivity index (χ1n) is 11.6. The number of thiophene rings is 1. The van der Waals surface area contributed by atoms with Gasteiger partial charge in [0.1, 0.15) is 0 Å². The number of likely N-dealkylation sites (tertiary alicyclic amines) is 1. The van der Waals surface area contributed by atoms with Crippen molar-refractivity contribution in [1.29, 1.82) is 0 Å². The summed E-state index contributed by atoms with van der Waals surface area (Å²) in [6, 6.07) is 14.5. The molecule has 1 aliphatic heterocycles. The van der Waals surface area contributed by atoms with Gasteiger partial charge in [-0.3, -0.25) is 9.69 Å². The molecule has 35 heavy (non-hydrogen) atoms. The molecule has 1 atom stereocenters. The first-order chi connectivity index (χ1) is 17.1. The molecule has 0 unspecified atom stereocenters. The molecule has 0 aliphatic carbocycles. The number of ether oxygens (including phenoxy) is 1. The molecule has 1 amide bonds. The molecule has 0 bridgehead atoms. The van der Waals surface area contributed by atoms with E-state index in [1.807, 2.05) is 30.5 Å². The third kappa shape index (κ3) is 5.17. The Morgan fingerprint density at radius 3 is 2.83 bits per heavy atom. The fourth-order valence-electron chi connectivity index (χ4n) is 4.41. The topological polar surface area (TPSA) is 85.2 Å². The number of aryl methyl sites for hydroxylation is 1. The monoisotopic (exact) mass is 488 g/mol. The fraction of sp³-hybridized carbons (Fsp3) is 0.308. The normalized spacial score (nSPS) is 16.0. The number of benzene rings is 1. The van der Waals surface area contributed by atoms with Crippen molar-refractivity contribution in [2.75, 3.05) is 20.2 Å². The minimum atomic E-state index is -0.152. The lowest BCUT2D eigenvalue weighted by molar-refractivity contribution is 0.0932. The third-order valence-corrected chi connectivity index (χ3v) is 7.03. The zero-order valence-electron chi connectivity index (χ0n) is 19.8. The Kier molecular flexibility index (Phi) is 6.98. The second-order valence-electron chi connectivity index (χ2n) is 8.71. The van der Waals surface area contributed by atoms with Crippen LogP contribution in [-0.4, -0.2) is 56.8 Å². The molecule has 5 rings (SSSR count). The highest BCUT2D eigenvalue weighted by Gasteiger charge is 2.27. The van der Waals surface area contributed by atoms with Crippen LogP contribution >= 0.6 is 11.3 Å². The Morgan fingerprint density at radius 2 is 2.06 bits per heavy atom. The van der Waals surface area contributed by atoms with E-state index in [0.717, 1.165) is 42.2 Å². The zero-order chi connectivity index (χ0) is 24.2. The van der Waals surface area contributed by atoms with E-state index in [9.17, 15) is 4.79 Å². The van der Waals surface area contributed by atoms with Crippen molar-refractivity contribution in [3.05, 3.63) is 82.6 Å². The first-order valence-corrected chi connectivity index (χ1v) is 12.5. The van der Waals surface area contributed by atoms with Gasteiger partial charge < -0.3 is 10.1 Å². The van der Waals surface area contributed by atoms with Gasteiger partial charge in [0.05, 0.1) is 34.6 Å². The summed E-state index contributed by atoms with van der Waals surface area (Å²) in [5.41, 5.74) is 4.23. The average Bonchev–Trinajstić information content (AvgIpc) is 3.62. The SMILES string of the molecule is COCc1c(C(=O)N[C@H]2CCN(Cc3ccccc3)C2)cnn1-c1ncc(C)c(-c2cccs2)n1. The van der Waals surface area contributed by atoms with Gasteiger partial charge in [0.15, 0.2) is 0 Å². The van der Waals surface area contributed by atoms with Crippen LogP contribution in [0.2, 0.25) is 0 Å². The summed E-state index contributed by atoms with van der Waals surface area (Å²) < 4.78 is 7.02. The van der Waals surface area contributed by atoms with Gasteiger partial charge in [-0.05, 0) is 35.9 Å². The van der Waals surface area contributed by atoms with Crippen molar-refractivity contribution in [3.63, 3.8) is 0 Å². The van der Waals surface area contributed by atoms with Crippen LogP contribution in [0.4, 0.5) is 0 Å². The smallest absolute Gasteiger partial charge is 0.255 e. The average molecular weight is 489 g/mol. The Hall–Kier alpha value is -3.40. The molecule has 4 aromatic rings. The highest BCUT2D eigenvalue weighted by Crippen LogP contribution is 2.26. The van der Waals surface area contributed by atoms with E-state index in [2.05, 4.69) is 44.6 Å². The molecule has 180 valence electrons. The van der Waals surface area contributed by atoms with Gasteiger partial charge in [-0.25, -0.2) is 9.97 Å². The Bertz CT molecular complexity index is 1290. The van der Waals surface area contributed by atoms with Crippen LogP contribution in [0, 0.1) is 6.92 Å². The summed E-state index contributed by atoms with van der Waals surface area (Å²) in [4.78, 5) is 25.9. The number of hydrogen-bond acceptors (Lipinski definition) is 7. The molecular weight excluding hydrogens is 460 g/mol. The second kappa shape index (κ2) is 10.5. The van der Waals surface area contributed by atoms with Crippen LogP contribution in [0.5, 0.6) is 0 Å². The fourth-order valence-corrected chi connectivity index (χ4v) is 5.19. The summed E-state index contributed by atoms with van der Waals surface area (Å²) in [6.45, 7) is 4.86. The molecule has 0 spiro atoms. The number of nitrogens with zero attached hydrogens (tertiary/aromatic N) is 5. The largest absolute Gasteiger partial charge is 0.378 e. The molecule has 9 heteroatoms. The van der Waals surface area contributed by atoms with E-state index in [1.54, 1.807) is 35.5 Å². The molecule has 3 aromatic heterocycles. The van der Waals surface area contributed by atoms with Gasteiger partial charge in [-0.15, -0.1) is 11.3 Å². The summed E-state index contributed by atoms with van der Waals surface area (Å²) in [5, 5.41) is 9.68. The summed E-state index contributed by atoms with van der Waals surface area (Å²) >= 11 is 1.62. The highest BCUT2D eigenvalue weighted by atomic mass is 32.1. The van der Waals surface area contributed by atoms with E-state index in [4.69, 9.17) is 9.72 Å². The molecule has 0 saturated carbocycles. The Labute approximate surface area is 208 Å². The predicted octanol–water partition coefficient (Wildman–Crippen LogP) is 3.85. The molecule has 1 aromatic carbocycles. The van der Waals surface area contributed by atoms with E-state index >= 15 is 0 Å². The first kappa shape index (κ1) is 23.3. The summed E-state index contributed by atoms with van der Waals surface area (Å²) in [6.07, 6.45) is 4.28. The van der Waals surface area contributed by atoms with Gasteiger partial charge in [0.2, 0.25) is 0 Å². The van der Waals surface area contributed by atoms with E-state index < -0.39 is 0 Å². The highest BCUT2D eigenvalue weighted by molar-refractivity contribution is 7.13. The van der Waals surface area contributed by atoms with Crippen molar-refractivity contribution < 1.29 is 9.53 Å². The van der Waals surface area contributed by atoms with Crippen molar-refractivity contribution in [3.8, 4) is 16.5 Å². The Balaban J connectivity index is 1.33. The van der Waals surface area contributed by atoms with Crippen LogP contribution < -0.4 is 5.32 Å². The number of amides is 1. The van der Waals surface area contributed by atoms with Gasteiger partial charge in [0, 0.05) is 39.0 Å². The van der Waals surface area contributed by atoms with Crippen molar-refractivity contribution in [2.45, 2.75) is 32.5 Å². The van der Waals surface area contributed by atoms with Gasteiger partial charge in [-0.2, -0.15) is 9.78 Å². The standard InChI is InChI=1S/C26H28N6O2S/c1-18-13-27-26(30-24(18)23-9-6-12-35-23)32-22(17-34-2)21(14-28-32)25(33)29-20-10-11-31(16-20)15-19-7-4-3-5-8-19/h3-9,12-14,20H,10-11,15-17H2,1-2H3,(H,29,33)/t20-/m0/s1. The molecule has 4 heterocycles. The van der Waals surface area contributed by atoms with Crippen LogP contribution in [0.25, 0.3) is 16.5 Å². The van der Waals surface area contributed by atoms with Gasteiger partial charge in [-0.1, -0.05) is 36.4 Å². The van der Waals surface area contributed by atoms with Gasteiger partial charge in [0.25, 0.3) is 11.9 Å². The number of carbonyl (C=O) groups excluding carboxylic acids is 1. The number of nitrogens with one attached hydrogen (secondary N) is 1. The molecule has 1 aliphatic rings. The Morgan fingerprint density at radius 1 is 1.20 bits per heavy atom. The predicted molar refractivity (Wildman–Crippen MR) is 136 cm³/mol. The summed E-state index contributed by atoms with van der Waals surface area (Å²) in [5.74, 6) is 0.264. The van der Waals surface area contributed by atoms with Gasteiger partial charge >= 0.3 is 0 Å². The molecular formula is C26H28N6O2S. The number of aromatic nitrogens is 4. The number of hydrogen-bond donors (Lipinski definition) is 1. The third-order valence-electron chi connectivity index (χ3n) is 6.15. The lowest BCUT2D eigenvalue weighted by Crippen LogP contribution is -2.37. The van der Waals surface area contributed by atoms with Crippen molar-refractivity contribution >= 4 is 17.2 Å². The second-order valence-corrected chi connectivity index (χ2v) is 9.66. The molecule has 1 saturated heterocycles. The van der Waals surface area contributed by atoms with Crippen molar-refractivity contribution in [1.82, 2.24) is 30.0 Å². The van der Waals surface area contributed by atoms with Crippen LogP contribution in [0.3, 0.4) is 0 Å². The maximum Gasteiger partial charge on any atom is 0.255 e. The maximum absolute atomic E-state index is 13.2. The van der Waals surface area contributed by atoms with Crippen LogP contribution in [-0.2, 0) is 17.9 Å². The number of methoxy groups -OCH3 is 1. The van der Waals surface area contributed by atoms with E-state index in [0.29, 0.717) is 17.2 Å². The quantitative estimate of drug-likeness (QED) is 0.406. The zero-order valence-corrected chi connectivity index (χ0v) is 20.7. The lowest BCUT2D eigenvalue weighted by Gasteiger charge is -2.17. The molecule has 1 N–H and O–H groups in total. The minimum Gasteiger partial charge on any atom is -0.378 e. The lowest BCUT2D eigenvalue weighted by atomic mass is 10.2. The van der Waals surface area contributed by atoms with E-state index in [1.165, 1.54) is 5.56 Å². The summed E-state index contributed by atoms with van der Waals surface area (Å²) in [7, 11) is 1.60. The van der Waals surface area contributed by atoms with Crippen LogP contribution in [0.15, 0.2) is 60.2 Å². The maximum atomic E-state index is 13.2. The molecule has 8 nitrogen and oxygen atoms in total. The van der Waals surface area contributed by atoms with E-state index in [-0.39, 0.29) is 18.6 Å².